The summed E-state index contributed by atoms with van der Waals surface area (Å²) >= 11 is 0. The molecule has 1 rings (SSSR count). The third-order valence-electron chi connectivity index (χ3n) is 2.88. The van der Waals surface area contributed by atoms with Crippen molar-refractivity contribution in [2.24, 2.45) is 4.99 Å². The van der Waals surface area contributed by atoms with Crippen molar-refractivity contribution in [3.05, 3.63) is 17.5 Å². The van der Waals surface area contributed by atoms with Crippen LogP contribution in [-0.2, 0) is 16.0 Å². The summed E-state index contributed by atoms with van der Waals surface area (Å²) in [5, 5.41) is 10.4. The maximum absolute atomic E-state index is 5.40. The summed E-state index contributed by atoms with van der Waals surface area (Å²) in [7, 11) is 1.66. The van der Waals surface area contributed by atoms with Crippen molar-refractivity contribution >= 4 is 5.96 Å². The summed E-state index contributed by atoms with van der Waals surface area (Å²) < 4.78 is 15.6. The number of hydrogen-bond acceptors (Lipinski definition) is 5. The zero-order valence-electron chi connectivity index (χ0n) is 14.0. The lowest BCUT2D eigenvalue weighted by molar-refractivity contribution is 0.0733. The molecule has 0 atom stereocenters. The standard InChI is InChI=1S/C15H28N4O3/c1-5-16-15(17-6-7-21-9-8-20-4)18-11-13-10-14(12(2)3)19-22-13/h10,12H,5-9,11H2,1-4H3,(H2,16,17,18). The first-order chi connectivity index (χ1) is 10.7. The van der Waals surface area contributed by atoms with Gasteiger partial charge in [-0.05, 0) is 12.8 Å². The molecule has 0 aliphatic rings. The van der Waals surface area contributed by atoms with Crippen molar-refractivity contribution in [1.29, 1.82) is 0 Å². The number of rotatable bonds is 10. The lowest BCUT2D eigenvalue weighted by Crippen LogP contribution is -2.39. The van der Waals surface area contributed by atoms with Gasteiger partial charge in [0.05, 0.1) is 25.5 Å². The average Bonchev–Trinajstić information content (AvgIpc) is 2.97. The van der Waals surface area contributed by atoms with Crippen LogP contribution in [0.5, 0.6) is 0 Å². The molecule has 1 heterocycles. The van der Waals surface area contributed by atoms with E-state index in [1.807, 2.05) is 13.0 Å². The molecule has 0 radical (unpaired) electrons. The van der Waals surface area contributed by atoms with Crippen LogP contribution in [0.25, 0.3) is 0 Å². The first kappa shape index (κ1) is 18.4. The smallest absolute Gasteiger partial charge is 0.191 e. The third kappa shape index (κ3) is 7.42. The van der Waals surface area contributed by atoms with Gasteiger partial charge in [-0.25, -0.2) is 4.99 Å². The molecule has 0 unspecified atom stereocenters. The van der Waals surface area contributed by atoms with Crippen LogP contribution in [0, 0.1) is 0 Å². The molecule has 0 amide bonds. The second kappa shape index (κ2) is 11.0. The quantitative estimate of drug-likeness (QED) is 0.387. The Bertz CT molecular complexity index is 432. The van der Waals surface area contributed by atoms with Gasteiger partial charge < -0.3 is 24.6 Å². The Balaban J connectivity index is 2.37. The van der Waals surface area contributed by atoms with E-state index in [0.29, 0.717) is 38.8 Å². The zero-order chi connectivity index (χ0) is 16.2. The number of aliphatic imine (C=N–C) groups is 1. The molecule has 1 aromatic rings. The van der Waals surface area contributed by atoms with Crippen LogP contribution in [0.2, 0.25) is 0 Å². The summed E-state index contributed by atoms with van der Waals surface area (Å²) in [4.78, 5) is 4.47. The van der Waals surface area contributed by atoms with Gasteiger partial charge in [-0.2, -0.15) is 0 Å². The molecule has 0 saturated carbocycles. The first-order valence-corrected chi connectivity index (χ1v) is 7.71. The van der Waals surface area contributed by atoms with Crippen LogP contribution < -0.4 is 10.6 Å². The number of guanidine groups is 1. The second-order valence-corrected chi connectivity index (χ2v) is 5.10. The SMILES string of the molecule is CCNC(=NCc1cc(C(C)C)no1)NCCOCCOC. The van der Waals surface area contributed by atoms with Crippen molar-refractivity contribution < 1.29 is 14.0 Å². The minimum atomic E-state index is 0.358. The van der Waals surface area contributed by atoms with Gasteiger partial charge >= 0.3 is 0 Å². The topological polar surface area (TPSA) is 80.9 Å². The Labute approximate surface area is 132 Å². The first-order valence-electron chi connectivity index (χ1n) is 7.71. The van der Waals surface area contributed by atoms with Gasteiger partial charge in [-0.15, -0.1) is 0 Å². The van der Waals surface area contributed by atoms with Crippen molar-refractivity contribution in [3.63, 3.8) is 0 Å². The lowest BCUT2D eigenvalue weighted by atomic mass is 10.1. The Morgan fingerprint density at radius 3 is 2.77 bits per heavy atom. The third-order valence-corrected chi connectivity index (χ3v) is 2.88. The Morgan fingerprint density at radius 1 is 1.32 bits per heavy atom. The number of nitrogens with zero attached hydrogens (tertiary/aromatic N) is 2. The van der Waals surface area contributed by atoms with Crippen LogP contribution in [0.1, 0.15) is 38.1 Å². The summed E-state index contributed by atoms with van der Waals surface area (Å²) in [5.74, 6) is 1.86. The van der Waals surface area contributed by atoms with E-state index >= 15 is 0 Å². The molecule has 0 bridgehead atoms. The molecule has 1 aromatic heterocycles. The van der Waals surface area contributed by atoms with Gasteiger partial charge in [0.25, 0.3) is 0 Å². The predicted octanol–water partition coefficient (Wildman–Crippen LogP) is 1.52. The molecule has 7 heteroatoms. The molecule has 0 aliphatic heterocycles. The highest BCUT2D eigenvalue weighted by Gasteiger charge is 2.07. The van der Waals surface area contributed by atoms with Gasteiger partial charge in [0.15, 0.2) is 11.7 Å². The molecule has 0 spiro atoms. The van der Waals surface area contributed by atoms with Gasteiger partial charge in [0, 0.05) is 26.3 Å². The molecule has 0 aromatic carbocycles. The number of hydrogen-bond donors (Lipinski definition) is 2. The predicted molar refractivity (Wildman–Crippen MR) is 86.1 cm³/mol. The largest absolute Gasteiger partial charge is 0.382 e. The van der Waals surface area contributed by atoms with Crippen molar-refractivity contribution in [2.45, 2.75) is 33.2 Å². The van der Waals surface area contributed by atoms with E-state index in [1.165, 1.54) is 0 Å². The van der Waals surface area contributed by atoms with Crippen LogP contribution in [0.4, 0.5) is 0 Å². The van der Waals surface area contributed by atoms with Crippen molar-refractivity contribution in [2.75, 3.05) is 40.0 Å². The van der Waals surface area contributed by atoms with Crippen molar-refractivity contribution in [1.82, 2.24) is 15.8 Å². The summed E-state index contributed by atoms with van der Waals surface area (Å²) in [6.45, 7) is 9.94. The summed E-state index contributed by atoms with van der Waals surface area (Å²) in [6.07, 6.45) is 0. The monoisotopic (exact) mass is 312 g/mol. The molecular weight excluding hydrogens is 284 g/mol. The van der Waals surface area contributed by atoms with E-state index in [2.05, 4.69) is 34.6 Å². The van der Waals surface area contributed by atoms with Gasteiger partial charge in [0.1, 0.15) is 6.54 Å². The fourth-order valence-corrected chi connectivity index (χ4v) is 1.66. The van der Waals surface area contributed by atoms with Crippen LogP contribution in [0.3, 0.4) is 0 Å². The van der Waals surface area contributed by atoms with Gasteiger partial charge in [-0.3, -0.25) is 0 Å². The van der Waals surface area contributed by atoms with E-state index in [-0.39, 0.29) is 0 Å². The molecule has 0 saturated heterocycles. The highest BCUT2D eigenvalue weighted by Crippen LogP contribution is 2.14. The number of aromatic nitrogens is 1. The molecule has 126 valence electrons. The van der Waals surface area contributed by atoms with E-state index in [4.69, 9.17) is 14.0 Å². The molecular formula is C15H28N4O3. The van der Waals surface area contributed by atoms with Crippen LogP contribution in [0.15, 0.2) is 15.6 Å². The Morgan fingerprint density at radius 2 is 2.14 bits per heavy atom. The van der Waals surface area contributed by atoms with Crippen LogP contribution in [-0.4, -0.2) is 51.1 Å². The Hall–Kier alpha value is -1.60. The van der Waals surface area contributed by atoms with Crippen molar-refractivity contribution in [3.8, 4) is 0 Å². The normalized spacial score (nSPS) is 12.0. The van der Waals surface area contributed by atoms with Gasteiger partial charge in [-0.1, -0.05) is 19.0 Å². The second-order valence-electron chi connectivity index (χ2n) is 5.10. The van der Waals surface area contributed by atoms with E-state index in [1.54, 1.807) is 7.11 Å². The molecule has 2 N–H and O–H groups in total. The lowest BCUT2D eigenvalue weighted by Gasteiger charge is -2.11. The zero-order valence-corrected chi connectivity index (χ0v) is 14.0. The van der Waals surface area contributed by atoms with Crippen LogP contribution >= 0.6 is 0 Å². The number of ether oxygens (including phenoxy) is 2. The minimum absolute atomic E-state index is 0.358. The van der Waals surface area contributed by atoms with E-state index < -0.39 is 0 Å². The maximum atomic E-state index is 5.40. The summed E-state index contributed by atoms with van der Waals surface area (Å²) in [5.41, 5.74) is 0.953. The fraction of sp³-hybridized carbons (Fsp3) is 0.733. The highest BCUT2D eigenvalue weighted by atomic mass is 16.5. The highest BCUT2D eigenvalue weighted by molar-refractivity contribution is 5.79. The molecule has 0 aliphatic carbocycles. The molecule has 0 fully saturated rings. The molecule has 22 heavy (non-hydrogen) atoms. The average molecular weight is 312 g/mol. The Kier molecular flexibility index (Phi) is 9.25. The number of methoxy groups -OCH3 is 1. The van der Waals surface area contributed by atoms with E-state index in [9.17, 15) is 0 Å². The number of nitrogens with one attached hydrogen (secondary N) is 2. The summed E-state index contributed by atoms with van der Waals surface area (Å²) in [6, 6.07) is 1.95. The molecule has 7 nitrogen and oxygen atoms in total. The van der Waals surface area contributed by atoms with E-state index in [0.717, 1.165) is 24.0 Å². The maximum Gasteiger partial charge on any atom is 0.191 e. The van der Waals surface area contributed by atoms with Gasteiger partial charge in [0.2, 0.25) is 0 Å². The fourth-order valence-electron chi connectivity index (χ4n) is 1.66. The minimum Gasteiger partial charge on any atom is -0.382 e.